The number of phenols is 1. The Kier molecular flexibility index (Phi) is 6.25. The number of fused-ring (bicyclic) bond motifs is 1. The van der Waals surface area contributed by atoms with Gasteiger partial charge in [-0.25, -0.2) is 0 Å². The molecule has 1 aliphatic heterocycles. The maximum atomic E-state index is 12.8. The summed E-state index contributed by atoms with van der Waals surface area (Å²) in [5.74, 6) is 1.32. The highest BCUT2D eigenvalue weighted by atomic mass is 35.5. The highest BCUT2D eigenvalue weighted by molar-refractivity contribution is 6.31. The molecule has 0 spiro atoms. The molecule has 4 nitrogen and oxygen atoms in total. The van der Waals surface area contributed by atoms with Crippen LogP contribution in [0.1, 0.15) is 48.0 Å². The van der Waals surface area contributed by atoms with Gasteiger partial charge in [-0.1, -0.05) is 41.9 Å². The van der Waals surface area contributed by atoms with Crippen LogP contribution in [0.25, 0.3) is 10.9 Å². The average molecular weight is 451 g/mol. The smallest absolute Gasteiger partial charge is 0.168 e. The molecule has 168 valence electrons. The molecule has 0 amide bonds. The van der Waals surface area contributed by atoms with Crippen LogP contribution in [0.5, 0.6) is 5.75 Å². The molecule has 1 saturated heterocycles. The van der Waals surface area contributed by atoms with E-state index in [9.17, 15) is 9.90 Å². The molecule has 1 saturated carbocycles. The largest absolute Gasteiger partial charge is 0.506 e. The van der Waals surface area contributed by atoms with Gasteiger partial charge in [0, 0.05) is 41.2 Å². The van der Waals surface area contributed by atoms with Gasteiger partial charge in [0.25, 0.3) is 0 Å². The summed E-state index contributed by atoms with van der Waals surface area (Å²) in [6.45, 7) is 4.08. The van der Waals surface area contributed by atoms with Crippen molar-refractivity contribution in [3.63, 3.8) is 0 Å². The fourth-order valence-corrected chi connectivity index (χ4v) is 5.45. The van der Waals surface area contributed by atoms with Crippen LogP contribution < -0.4 is 0 Å². The van der Waals surface area contributed by atoms with Crippen molar-refractivity contribution >= 4 is 28.3 Å². The molecule has 2 aromatic carbocycles. The molecule has 2 heterocycles. The molecule has 2 aliphatic rings. The number of phenolic OH excluding ortho intramolecular Hbond substituents is 1. The summed E-state index contributed by atoms with van der Waals surface area (Å²) in [6.07, 6.45) is 8.48. The fraction of sp³-hybridized carbons (Fsp3) is 0.444. The van der Waals surface area contributed by atoms with Crippen molar-refractivity contribution in [1.29, 1.82) is 0 Å². The molecule has 2 fully saturated rings. The van der Waals surface area contributed by atoms with Gasteiger partial charge in [0.15, 0.2) is 5.78 Å². The number of hydrogen-bond donors (Lipinski definition) is 1. The van der Waals surface area contributed by atoms with Gasteiger partial charge in [0.1, 0.15) is 5.75 Å². The van der Waals surface area contributed by atoms with Gasteiger partial charge in [-0.2, -0.15) is 0 Å². The van der Waals surface area contributed by atoms with Crippen molar-refractivity contribution in [2.45, 2.75) is 45.1 Å². The number of benzene rings is 2. The van der Waals surface area contributed by atoms with Crippen LogP contribution in [0.4, 0.5) is 0 Å². The summed E-state index contributed by atoms with van der Waals surface area (Å²) >= 11 is 6.38. The Morgan fingerprint density at radius 3 is 2.72 bits per heavy atom. The van der Waals surface area contributed by atoms with Crippen LogP contribution in [0.2, 0.25) is 5.02 Å². The summed E-state index contributed by atoms with van der Waals surface area (Å²) in [6, 6.07) is 13.7. The maximum absolute atomic E-state index is 12.8. The molecule has 1 atom stereocenters. The second kappa shape index (κ2) is 9.29. The van der Waals surface area contributed by atoms with E-state index in [0.29, 0.717) is 5.92 Å². The van der Waals surface area contributed by atoms with Crippen molar-refractivity contribution in [2.24, 2.45) is 11.8 Å². The predicted octanol–water partition coefficient (Wildman–Crippen LogP) is 5.94. The second-order valence-corrected chi connectivity index (χ2v) is 9.91. The number of para-hydroxylation sites is 1. The van der Waals surface area contributed by atoms with Crippen molar-refractivity contribution in [3.8, 4) is 5.75 Å². The third-order valence-corrected chi connectivity index (χ3v) is 7.40. The third-order valence-electron chi connectivity index (χ3n) is 7.03. The summed E-state index contributed by atoms with van der Waals surface area (Å²) in [7, 11) is 0. The zero-order chi connectivity index (χ0) is 22.1. The van der Waals surface area contributed by atoms with Crippen LogP contribution in [-0.4, -0.2) is 40.0 Å². The highest BCUT2D eigenvalue weighted by Gasteiger charge is 2.32. The number of carbonyl (C=O) groups is 1. The monoisotopic (exact) mass is 450 g/mol. The van der Waals surface area contributed by atoms with Crippen LogP contribution in [0.15, 0.2) is 48.7 Å². The Hall–Kier alpha value is -2.30. The second-order valence-electron chi connectivity index (χ2n) is 9.51. The van der Waals surface area contributed by atoms with E-state index in [1.165, 1.54) is 18.4 Å². The molecule has 1 aliphatic carbocycles. The molecule has 0 bridgehead atoms. The molecule has 3 aromatic rings. The minimum absolute atomic E-state index is 0.180. The Morgan fingerprint density at radius 2 is 1.91 bits per heavy atom. The van der Waals surface area contributed by atoms with Gasteiger partial charge in [0.05, 0.1) is 5.52 Å². The Bertz CT molecular complexity index is 1120. The maximum Gasteiger partial charge on any atom is 0.168 e. The first-order valence-corrected chi connectivity index (χ1v) is 12.3. The SMILES string of the molecule is O=C(c1cn(CCCN2CCCC(Cc3ccccc3Cl)C2)c2c(O)cccc12)C1CC1. The molecule has 0 radical (unpaired) electrons. The van der Waals surface area contributed by atoms with E-state index in [1.54, 1.807) is 6.07 Å². The Balaban J connectivity index is 1.22. The number of aromatic nitrogens is 1. The average Bonchev–Trinajstić information content (AvgIpc) is 3.57. The number of ketones is 1. The summed E-state index contributed by atoms with van der Waals surface area (Å²) in [4.78, 5) is 15.3. The number of likely N-dealkylation sites (tertiary alicyclic amines) is 1. The topological polar surface area (TPSA) is 45.5 Å². The van der Waals surface area contributed by atoms with Crippen molar-refractivity contribution in [1.82, 2.24) is 9.47 Å². The van der Waals surface area contributed by atoms with Gasteiger partial charge >= 0.3 is 0 Å². The number of halogens is 1. The van der Waals surface area contributed by atoms with Crippen molar-refractivity contribution < 1.29 is 9.90 Å². The summed E-state index contributed by atoms with van der Waals surface area (Å²) in [5.41, 5.74) is 2.83. The van der Waals surface area contributed by atoms with Gasteiger partial charge < -0.3 is 14.6 Å². The molecular formula is C27H31ClN2O2. The number of rotatable bonds is 8. The van der Waals surface area contributed by atoms with Crippen LogP contribution >= 0.6 is 11.6 Å². The number of hydrogen-bond acceptors (Lipinski definition) is 3. The zero-order valence-electron chi connectivity index (χ0n) is 18.5. The lowest BCUT2D eigenvalue weighted by Crippen LogP contribution is -2.37. The lowest BCUT2D eigenvalue weighted by Gasteiger charge is -2.33. The van der Waals surface area contributed by atoms with Gasteiger partial charge in [-0.15, -0.1) is 0 Å². The molecule has 32 heavy (non-hydrogen) atoms. The van der Waals surface area contributed by atoms with E-state index >= 15 is 0 Å². The van der Waals surface area contributed by atoms with E-state index in [-0.39, 0.29) is 17.5 Å². The van der Waals surface area contributed by atoms with E-state index in [1.807, 2.05) is 30.5 Å². The number of Topliss-reactive ketones (excluding diaryl/α,β-unsaturated/α-hetero) is 1. The predicted molar refractivity (Wildman–Crippen MR) is 130 cm³/mol. The third kappa shape index (κ3) is 4.57. The van der Waals surface area contributed by atoms with Gasteiger partial charge in [-0.05, 0) is 75.2 Å². The quantitative estimate of drug-likeness (QED) is 0.432. The van der Waals surface area contributed by atoms with Crippen LogP contribution in [0, 0.1) is 11.8 Å². The molecule has 5 heteroatoms. The minimum Gasteiger partial charge on any atom is -0.506 e. The fourth-order valence-electron chi connectivity index (χ4n) is 5.24. The van der Waals surface area contributed by atoms with Gasteiger partial charge in [-0.3, -0.25) is 4.79 Å². The number of piperidine rings is 1. The molecular weight excluding hydrogens is 420 g/mol. The molecule has 5 rings (SSSR count). The van der Waals surface area contributed by atoms with Gasteiger partial charge in [0.2, 0.25) is 0 Å². The number of nitrogens with zero attached hydrogens (tertiary/aromatic N) is 2. The van der Waals surface area contributed by atoms with E-state index < -0.39 is 0 Å². The minimum atomic E-state index is 0.180. The van der Waals surface area contributed by atoms with Crippen LogP contribution in [0.3, 0.4) is 0 Å². The summed E-state index contributed by atoms with van der Waals surface area (Å²) < 4.78 is 2.09. The highest BCUT2D eigenvalue weighted by Crippen LogP contribution is 2.37. The standard InChI is InChI=1S/C27H31ClN2O2/c28-24-9-2-1-7-21(24)16-19-6-4-13-29(17-19)14-5-15-30-18-23(27(32)20-11-12-20)22-8-3-10-25(31)26(22)30/h1-3,7-10,18-20,31H,4-6,11-17H2. The molecule has 1 unspecified atom stereocenters. The molecule has 1 aromatic heterocycles. The van der Waals surface area contributed by atoms with E-state index in [0.717, 1.165) is 73.4 Å². The summed E-state index contributed by atoms with van der Waals surface area (Å²) in [5, 5.41) is 12.3. The zero-order valence-corrected chi connectivity index (χ0v) is 19.2. The number of aromatic hydroxyl groups is 1. The Labute approximate surface area is 194 Å². The first-order chi connectivity index (χ1) is 15.6. The van der Waals surface area contributed by atoms with E-state index in [4.69, 9.17) is 11.6 Å². The molecule has 1 N–H and O–H groups in total. The number of carbonyl (C=O) groups excluding carboxylic acids is 1. The first-order valence-electron chi connectivity index (χ1n) is 11.9. The Morgan fingerprint density at radius 1 is 1.06 bits per heavy atom. The lowest BCUT2D eigenvalue weighted by molar-refractivity contribution is 0.0969. The number of aryl methyl sites for hydroxylation is 1. The van der Waals surface area contributed by atoms with Crippen molar-refractivity contribution in [2.75, 3.05) is 19.6 Å². The van der Waals surface area contributed by atoms with Crippen molar-refractivity contribution in [3.05, 3.63) is 64.8 Å². The lowest BCUT2D eigenvalue weighted by atomic mass is 9.91. The first kappa shape index (κ1) is 21.5. The van der Waals surface area contributed by atoms with E-state index in [2.05, 4.69) is 21.6 Å². The normalized spacial score (nSPS) is 19.5. The van der Waals surface area contributed by atoms with Crippen LogP contribution in [-0.2, 0) is 13.0 Å².